The quantitative estimate of drug-likeness (QED) is 0.793. The van der Waals surface area contributed by atoms with Gasteiger partial charge in [-0.25, -0.2) is 0 Å². The fourth-order valence-corrected chi connectivity index (χ4v) is 2.00. The Morgan fingerprint density at radius 1 is 1.33 bits per heavy atom. The second kappa shape index (κ2) is 5.93. The van der Waals surface area contributed by atoms with E-state index in [1.807, 2.05) is 18.2 Å². The van der Waals surface area contributed by atoms with E-state index in [9.17, 15) is 14.7 Å². The summed E-state index contributed by atoms with van der Waals surface area (Å²) in [5.74, 6) is -0.507. The number of aliphatic hydroxyl groups is 1. The first kappa shape index (κ1) is 15.0. The molecule has 0 aliphatic carbocycles. The fraction of sp³-hybridized carbons (Fsp3) is 0.250. The van der Waals surface area contributed by atoms with Gasteiger partial charge in [0.1, 0.15) is 11.2 Å². The summed E-state index contributed by atoms with van der Waals surface area (Å²) in [6.07, 6.45) is 1.38. The van der Waals surface area contributed by atoms with Gasteiger partial charge in [0.2, 0.25) is 0 Å². The van der Waals surface area contributed by atoms with Crippen LogP contribution in [0.2, 0.25) is 0 Å². The molecule has 1 unspecified atom stereocenters. The number of pyridine rings is 1. The fourth-order valence-electron chi connectivity index (χ4n) is 2.00. The van der Waals surface area contributed by atoms with Crippen molar-refractivity contribution in [2.45, 2.75) is 19.4 Å². The summed E-state index contributed by atoms with van der Waals surface area (Å²) >= 11 is 0. The first-order valence-corrected chi connectivity index (χ1v) is 6.65. The Morgan fingerprint density at radius 3 is 2.62 bits per heavy atom. The number of aromatic nitrogens is 1. The number of carbonyl (C=O) groups excluding carboxylic acids is 1. The normalized spacial score (nSPS) is 13.5. The molecule has 0 saturated heterocycles. The van der Waals surface area contributed by atoms with E-state index in [1.54, 1.807) is 26.0 Å². The zero-order chi connectivity index (χ0) is 15.5. The van der Waals surface area contributed by atoms with Crippen molar-refractivity contribution in [2.75, 3.05) is 6.54 Å². The summed E-state index contributed by atoms with van der Waals surface area (Å²) in [5.41, 5.74) is -0.127. The van der Waals surface area contributed by atoms with Crippen molar-refractivity contribution in [2.24, 2.45) is 0 Å². The van der Waals surface area contributed by atoms with Crippen LogP contribution in [-0.4, -0.2) is 22.5 Å². The van der Waals surface area contributed by atoms with E-state index in [1.165, 1.54) is 12.3 Å². The van der Waals surface area contributed by atoms with E-state index in [0.29, 0.717) is 11.3 Å². The van der Waals surface area contributed by atoms with Crippen molar-refractivity contribution < 1.29 is 9.90 Å². The zero-order valence-corrected chi connectivity index (χ0v) is 12.0. The van der Waals surface area contributed by atoms with Crippen LogP contribution in [-0.2, 0) is 5.60 Å². The van der Waals surface area contributed by atoms with Crippen LogP contribution >= 0.6 is 0 Å². The molecule has 3 N–H and O–H groups in total. The van der Waals surface area contributed by atoms with Gasteiger partial charge in [-0.05, 0) is 19.4 Å². The summed E-state index contributed by atoms with van der Waals surface area (Å²) in [5, 5.41) is 13.0. The number of carbonyl (C=O) groups is 1. The van der Waals surface area contributed by atoms with E-state index >= 15 is 0 Å². The lowest BCUT2D eigenvalue weighted by Gasteiger charge is -2.24. The van der Waals surface area contributed by atoms with Crippen molar-refractivity contribution >= 4 is 5.91 Å². The number of rotatable bonds is 4. The SMILES string of the molecule is Cc1cc(=O)c(C(=O)NCC(C)(O)c2ccccc2)c[nH]1. The number of aryl methyl sites for hydroxylation is 1. The molecule has 110 valence electrons. The number of H-pyrrole nitrogens is 1. The molecule has 0 bridgehead atoms. The molecule has 1 heterocycles. The molecule has 0 saturated carbocycles. The smallest absolute Gasteiger partial charge is 0.256 e. The van der Waals surface area contributed by atoms with Crippen LogP contribution in [0.15, 0.2) is 47.4 Å². The third-order valence-electron chi connectivity index (χ3n) is 3.29. The first-order chi connectivity index (χ1) is 9.90. The van der Waals surface area contributed by atoms with Crippen molar-refractivity contribution in [3.63, 3.8) is 0 Å². The van der Waals surface area contributed by atoms with Gasteiger partial charge < -0.3 is 15.4 Å². The standard InChI is InChI=1S/C16H18N2O3/c1-11-8-14(19)13(9-17-11)15(20)18-10-16(2,21)12-6-4-3-5-7-12/h3-9,21H,10H2,1-2H3,(H,17,19)(H,18,20). The van der Waals surface area contributed by atoms with Crippen molar-refractivity contribution in [1.29, 1.82) is 0 Å². The van der Waals surface area contributed by atoms with E-state index in [-0.39, 0.29) is 17.5 Å². The Bertz CT molecular complexity index is 690. The molecule has 0 aliphatic heterocycles. The minimum atomic E-state index is -1.20. The average Bonchev–Trinajstić information content (AvgIpc) is 2.46. The molecular weight excluding hydrogens is 268 g/mol. The van der Waals surface area contributed by atoms with Crippen LogP contribution in [0.1, 0.15) is 28.5 Å². The molecule has 0 aliphatic rings. The highest BCUT2D eigenvalue weighted by molar-refractivity contribution is 5.93. The predicted molar refractivity (Wildman–Crippen MR) is 80.1 cm³/mol. The highest BCUT2D eigenvalue weighted by Gasteiger charge is 2.24. The van der Waals surface area contributed by atoms with Gasteiger partial charge in [-0.15, -0.1) is 0 Å². The minimum Gasteiger partial charge on any atom is -0.384 e. The predicted octanol–water partition coefficient (Wildman–Crippen LogP) is 1.32. The van der Waals surface area contributed by atoms with Gasteiger partial charge in [-0.3, -0.25) is 9.59 Å². The molecular formula is C16H18N2O3. The summed E-state index contributed by atoms with van der Waals surface area (Å²) in [6, 6.07) is 10.4. The van der Waals surface area contributed by atoms with Crippen LogP contribution in [0.3, 0.4) is 0 Å². The van der Waals surface area contributed by atoms with Gasteiger partial charge in [0.15, 0.2) is 5.43 Å². The number of nitrogens with one attached hydrogen (secondary N) is 2. The maximum Gasteiger partial charge on any atom is 0.256 e. The van der Waals surface area contributed by atoms with Gasteiger partial charge in [-0.2, -0.15) is 0 Å². The molecule has 1 aromatic heterocycles. The molecule has 0 radical (unpaired) electrons. The third kappa shape index (κ3) is 3.58. The van der Waals surface area contributed by atoms with Gasteiger partial charge in [-0.1, -0.05) is 30.3 Å². The topological polar surface area (TPSA) is 82.2 Å². The lowest BCUT2D eigenvalue weighted by Crippen LogP contribution is -2.40. The molecule has 1 atom stereocenters. The largest absolute Gasteiger partial charge is 0.384 e. The van der Waals surface area contributed by atoms with Gasteiger partial charge >= 0.3 is 0 Å². The molecule has 5 heteroatoms. The first-order valence-electron chi connectivity index (χ1n) is 6.65. The summed E-state index contributed by atoms with van der Waals surface area (Å²) < 4.78 is 0. The molecule has 21 heavy (non-hydrogen) atoms. The van der Waals surface area contributed by atoms with Crippen LogP contribution in [0.4, 0.5) is 0 Å². The second-order valence-electron chi connectivity index (χ2n) is 5.22. The summed E-state index contributed by atoms with van der Waals surface area (Å²) in [4.78, 5) is 26.6. The van der Waals surface area contributed by atoms with E-state index in [0.717, 1.165) is 0 Å². The number of hydrogen-bond donors (Lipinski definition) is 3. The Morgan fingerprint density at radius 2 is 2.00 bits per heavy atom. The van der Waals surface area contributed by atoms with Gasteiger partial charge in [0.05, 0.1) is 6.54 Å². The Balaban J connectivity index is 2.09. The van der Waals surface area contributed by atoms with E-state index in [4.69, 9.17) is 0 Å². The Hall–Kier alpha value is -2.40. The number of aromatic amines is 1. The van der Waals surface area contributed by atoms with Crippen LogP contribution in [0.5, 0.6) is 0 Å². The highest BCUT2D eigenvalue weighted by atomic mass is 16.3. The average molecular weight is 286 g/mol. The second-order valence-corrected chi connectivity index (χ2v) is 5.22. The number of benzene rings is 1. The van der Waals surface area contributed by atoms with E-state index in [2.05, 4.69) is 10.3 Å². The highest BCUT2D eigenvalue weighted by Crippen LogP contribution is 2.18. The van der Waals surface area contributed by atoms with Crippen LogP contribution in [0.25, 0.3) is 0 Å². The zero-order valence-electron chi connectivity index (χ0n) is 12.0. The molecule has 0 spiro atoms. The number of hydrogen-bond acceptors (Lipinski definition) is 3. The molecule has 1 amide bonds. The lowest BCUT2D eigenvalue weighted by atomic mass is 9.96. The molecule has 1 aromatic carbocycles. The summed E-state index contributed by atoms with van der Waals surface area (Å²) in [7, 11) is 0. The van der Waals surface area contributed by atoms with Crippen molar-refractivity contribution in [1.82, 2.24) is 10.3 Å². The monoisotopic (exact) mass is 286 g/mol. The Kier molecular flexibility index (Phi) is 4.23. The molecule has 2 aromatic rings. The van der Waals surface area contributed by atoms with Crippen LogP contribution in [0, 0.1) is 6.92 Å². The maximum absolute atomic E-state index is 12.0. The maximum atomic E-state index is 12.0. The van der Waals surface area contributed by atoms with Crippen molar-refractivity contribution in [3.8, 4) is 0 Å². The van der Waals surface area contributed by atoms with Gasteiger partial charge in [0, 0.05) is 18.0 Å². The number of amides is 1. The lowest BCUT2D eigenvalue weighted by molar-refractivity contribution is 0.0526. The van der Waals surface area contributed by atoms with E-state index < -0.39 is 11.5 Å². The minimum absolute atomic E-state index is 0.0170. The molecule has 0 fully saturated rings. The van der Waals surface area contributed by atoms with Crippen LogP contribution < -0.4 is 10.7 Å². The Labute approximate surface area is 122 Å². The van der Waals surface area contributed by atoms with Crippen molar-refractivity contribution in [3.05, 3.63) is 69.6 Å². The summed E-state index contributed by atoms with van der Waals surface area (Å²) in [6.45, 7) is 3.37. The third-order valence-corrected chi connectivity index (χ3v) is 3.29. The molecule has 2 rings (SSSR count). The van der Waals surface area contributed by atoms with Gasteiger partial charge in [0.25, 0.3) is 5.91 Å². The molecule has 5 nitrogen and oxygen atoms in total.